The molecule has 6 rings (SSSR count). The smallest absolute Gasteiger partial charge is 0.259 e. The number of anilines is 1. The molecule has 34 heavy (non-hydrogen) atoms. The number of pyridine rings is 1. The zero-order valence-electron chi connectivity index (χ0n) is 18.6. The molecular weight excluding hydrogens is 439 g/mol. The third-order valence-corrected chi connectivity index (χ3v) is 6.81. The molecule has 3 aliphatic heterocycles. The van der Waals surface area contributed by atoms with E-state index in [1.54, 1.807) is 21.7 Å². The van der Waals surface area contributed by atoms with E-state index in [-0.39, 0.29) is 28.6 Å². The zero-order chi connectivity index (χ0) is 23.4. The summed E-state index contributed by atoms with van der Waals surface area (Å²) in [5.74, 6) is -0.130. The minimum atomic E-state index is -0.560. The molecule has 3 aliphatic rings. The molecular formula is C25H25FN4O4. The molecule has 2 saturated heterocycles. The Labute approximate surface area is 195 Å². The van der Waals surface area contributed by atoms with Crippen molar-refractivity contribution < 1.29 is 18.7 Å². The van der Waals surface area contributed by atoms with Crippen LogP contribution in [0.3, 0.4) is 0 Å². The van der Waals surface area contributed by atoms with E-state index in [1.165, 1.54) is 6.07 Å². The Kier molecular flexibility index (Phi) is 5.04. The number of amides is 1. The normalized spacial score (nSPS) is 19.6. The predicted octanol–water partition coefficient (Wildman–Crippen LogP) is 2.64. The molecule has 2 aromatic carbocycles. The first kappa shape index (κ1) is 21.1. The van der Waals surface area contributed by atoms with E-state index >= 15 is 4.39 Å². The van der Waals surface area contributed by atoms with E-state index in [0.29, 0.717) is 62.0 Å². The Morgan fingerprint density at radius 2 is 1.94 bits per heavy atom. The van der Waals surface area contributed by atoms with Gasteiger partial charge in [-0.15, -0.1) is 0 Å². The maximum absolute atomic E-state index is 15.7. The van der Waals surface area contributed by atoms with Gasteiger partial charge in [0.1, 0.15) is 16.8 Å². The predicted molar refractivity (Wildman–Crippen MR) is 126 cm³/mol. The van der Waals surface area contributed by atoms with Gasteiger partial charge in [0.25, 0.3) is 5.91 Å². The minimum Gasteiger partial charge on any atom is -0.451 e. The van der Waals surface area contributed by atoms with Crippen LogP contribution in [0.15, 0.2) is 41.3 Å². The van der Waals surface area contributed by atoms with E-state index in [0.717, 1.165) is 12.8 Å². The third-order valence-electron chi connectivity index (χ3n) is 6.81. The largest absolute Gasteiger partial charge is 0.451 e. The Balaban J connectivity index is 1.61. The molecule has 176 valence electrons. The lowest BCUT2D eigenvalue weighted by Gasteiger charge is -2.35. The number of rotatable bonds is 2. The third kappa shape index (κ3) is 3.26. The number of halogens is 1. The van der Waals surface area contributed by atoms with Crippen LogP contribution in [0, 0.1) is 5.82 Å². The van der Waals surface area contributed by atoms with Gasteiger partial charge in [0.2, 0.25) is 5.43 Å². The lowest BCUT2D eigenvalue weighted by Crippen LogP contribution is -2.43. The van der Waals surface area contributed by atoms with Crippen molar-refractivity contribution in [3.63, 3.8) is 0 Å². The maximum Gasteiger partial charge on any atom is 0.259 e. The number of nitrogens with two attached hydrogens (primary N) is 1. The average molecular weight is 464 g/mol. The van der Waals surface area contributed by atoms with Crippen molar-refractivity contribution in [2.75, 3.05) is 44.3 Å². The van der Waals surface area contributed by atoms with Crippen molar-refractivity contribution in [2.45, 2.75) is 18.9 Å². The van der Waals surface area contributed by atoms with Gasteiger partial charge in [0.05, 0.1) is 24.3 Å². The number of carbonyl (C=O) groups excluding carboxylic acids is 1. The lowest BCUT2D eigenvalue weighted by molar-refractivity contribution is 0.0302. The molecule has 2 fully saturated rings. The van der Waals surface area contributed by atoms with Crippen molar-refractivity contribution in [3.05, 3.63) is 58.1 Å². The van der Waals surface area contributed by atoms with Gasteiger partial charge >= 0.3 is 0 Å². The number of benzene rings is 2. The fraction of sp³-hybridized carbons (Fsp3) is 0.360. The summed E-state index contributed by atoms with van der Waals surface area (Å²) in [5, 5.41) is 0.117. The van der Waals surface area contributed by atoms with Crippen molar-refractivity contribution in [1.29, 1.82) is 0 Å². The summed E-state index contributed by atoms with van der Waals surface area (Å²) in [7, 11) is 0. The van der Waals surface area contributed by atoms with Crippen LogP contribution in [0.1, 0.15) is 23.2 Å². The first-order chi connectivity index (χ1) is 16.5. The molecule has 4 heterocycles. The van der Waals surface area contributed by atoms with Gasteiger partial charge < -0.3 is 29.6 Å². The highest BCUT2D eigenvalue weighted by Crippen LogP contribution is 2.46. The van der Waals surface area contributed by atoms with Gasteiger partial charge in [-0.2, -0.15) is 0 Å². The zero-order valence-corrected chi connectivity index (χ0v) is 18.6. The van der Waals surface area contributed by atoms with Gasteiger partial charge in [-0.3, -0.25) is 9.59 Å². The molecule has 1 amide bonds. The van der Waals surface area contributed by atoms with Crippen LogP contribution in [0.4, 0.5) is 10.1 Å². The molecule has 9 heteroatoms. The molecule has 1 atom stereocenters. The fourth-order valence-electron chi connectivity index (χ4n) is 5.15. The molecule has 3 aromatic rings. The molecule has 2 N–H and O–H groups in total. The first-order valence-electron chi connectivity index (χ1n) is 11.6. The topological polar surface area (TPSA) is 90.0 Å². The number of aromatic nitrogens is 1. The second-order valence-electron chi connectivity index (χ2n) is 9.00. The molecule has 0 aliphatic carbocycles. The van der Waals surface area contributed by atoms with E-state index in [1.807, 2.05) is 23.1 Å². The summed E-state index contributed by atoms with van der Waals surface area (Å²) in [4.78, 5) is 30.3. The van der Waals surface area contributed by atoms with Gasteiger partial charge in [-0.25, -0.2) is 4.39 Å². The summed E-state index contributed by atoms with van der Waals surface area (Å²) in [6, 6.07) is 8.50. The van der Waals surface area contributed by atoms with Crippen LogP contribution < -0.4 is 20.8 Å². The highest BCUT2D eigenvalue weighted by Gasteiger charge is 2.32. The number of hydrogen-bond donors (Lipinski definition) is 1. The standard InChI is InChI=1S/C25H25FN4O4/c26-18-12-16-21-24(22(18)29-7-3-4-15(27)13-29)34-20-6-2-1-5-19(20)30(21)14-17(23(16)31)25(32)28-8-10-33-11-9-28/h1-2,5-6,12,14-15H,3-4,7-11,13,27H2. The van der Waals surface area contributed by atoms with Gasteiger partial charge in [0, 0.05) is 38.4 Å². The number of hydrogen-bond acceptors (Lipinski definition) is 6. The highest BCUT2D eigenvalue weighted by molar-refractivity contribution is 6.01. The SMILES string of the molecule is NC1CCCN(c2c(F)cc3c(=O)c(C(=O)N4CCOCC4)cn4c3c2Oc2ccccc2-4)C1. The van der Waals surface area contributed by atoms with Gasteiger partial charge in [-0.05, 0) is 31.0 Å². The van der Waals surface area contributed by atoms with Crippen LogP contribution in [0.25, 0.3) is 16.6 Å². The minimum absolute atomic E-state index is 0.00389. The number of carbonyl (C=O) groups is 1. The monoisotopic (exact) mass is 464 g/mol. The van der Waals surface area contributed by atoms with Crippen molar-refractivity contribution in [3.8, 4) is 17.2 Å². The maximum atomic E-state index is 15.7. The van der Waals surface area contributed by atoms with Crippen LogP contribution in [-0.4, -0.2) is 60.8 Å². The van der Waals surface area contributed by atoms with Crippen LogP contribution in [0.2, 0.25) is 0 Å². The molecule has 8 nitrogen and oxygen atoms in total. The average Bonchev–Trinajstić information content (AvgIpc) is 2.85. The van der Waals surface area contributed by atoms with E-state index in [9.17, 15) is 9.59 Å². The van der Waals surface area contributed by atoms with Crippen molar-refractivity contribution in [2.24, 2.45) is 5.73 Å². The number of nitrogens with zero attached hydrogens (tertiary/aromatic N) is 3. The van der Waals surface area contributed by atoms with E-state index < -0.39 is 11.2 Å². The fourth-order valence-corrected chi connectivity index (χ4v) is 5.15. The molecule has 0 radical (unpaired) electrons. The highest BCUT2D eigenvalue weighted by atomic mass is 19.1. The van der Waals surface area contributed by atoms with E-state index in [4.69, 9.17) is 15.2 Å². The number of ether oxygens (including phenoxy) is 2. The Morgan fingerprint density at radius 3 is 2.74 bits per heavy atom. The summed E-state index contributed by atoms with van der Waals surface area (Å²) >= 11 is 0. The summed E-state index contributed by atoms with van der Waals surface area (Å²) in [6.07, 6.45) is 3.29. The molecule has 1 unspecified atom stereocenters. The summed E-state index contributed by atoms with van der Waals surface area (Å²) in [6.45, 7) is 2.80. The summed E-state index contributed by atoms with van der Waals surface area (Å²) in [5.41, 5.74) is 7.12. The Bertz CT molecular complexity index is 1370. The lowest BCUT2D eigenvalue weighted by atomic mass is 10.0. The first-order valence-corrected chi connectivity index (χ1v) is 11.6. The molecule has 0 bridgehead atoms. The molecule has 0 spiro atoms. The molecule has 1 aromatic heterocycles. The van der Waals surface area contributed by atoms with Crippen LogP contribution in [-0.2, 0) is 4.74 Å². The number of para-hydroxylation sites is 2. The van der Waals surface area contributed by atoms with Crippen molar-refractivity contribution in [1.82, 2.24) is 9.47 Å². The van der Waals surface area contributed by atoms with Crippen molar-refractivity contribution >= 4 is 22.5 Å². The number of fused-ring (bicyclic) bond motifs is 2. The summed E-state index contributed by atoms with van der Waals surface area (Å²) < 4.78 is 29.0. The second kappa shape index (κ2) is 8.11. The van der Waals surface area contributed by atoms with E-state index in [2.05, 4.69) is 0 Å². The quantitative estimate of drug-likeness (QED) is 0.491. The number of piperidine rings is 1. The Morgan fingerprint density at radius 1 is 1.15 bits per heavy atom. The second-order valence-corrected chi connectivity index (χ2v) is 9.00. The van der Waals surface area contributed by atoms with Crippen LogP contribution >= 0.6 is 0 Å². The Hall–Kier alpha value is -3.43. The van der Waals surface area contributed by atoms with Gasteiger partial charge in [0.15, 0.2) is 17.3 Å². The number of morpholine rings is 1. The van der Waals surface area contributed by atoms with Crippen LogP contribution in [0.5, 0.6) is 11.5 Å². The van der Waals surface area contributed by atoms with Gasteiger partial charge in [-0.1, -0.05) is 12.1 Å². The molecule has 0 saturated carbocycles.